The molecule has 1 aromatic heterocycles. The van der Waals surface area contributed by atoms with Crippen molar-refractivity contribution < 1.29 is 0 Å². The van der Waals surface area contributed by atoms with Crippen molar-refractivity contribution in [2.24, 2.45) is 5.73 Å². The van der Waals surface area contributed by atoms with Crippen LogP contribution in [-0.4, -0.2) is 14.8 Å². The molecule has 0 aliphatic heterocycles. The van der Waals surface area contributed by atoms with Crippen molar-refractivity contribution >= 4 is 33.1 Å². The summed E-state index contributed by atoms with van der Waals surface area (Å²) in [4.78, 5) is 0.445. The fourth-order valence-corrected chi connectivity index (χ4v) is 1.07. The first-order valence-corrected chi connectivity index (χ1v) is 4.30. The van der Waals surface area contributed by atoms with E-state index in [-0.39, 0.29) is 6.04 Å². The number of nitrogens with two attached hydrogens (primary N) is 1. The Morgan fingerprint density at radius 3 is 2.91 bits per heavy atom. The van der Waals surface area contributed by atoms with Crippen LogP contribution in [0.3, 0.4) is 0 Å². The zero-order valence-electron chi connectivity index (χ0n) is 5.99. The molecule has 0 radical (unpaired) electrons. The maximum absolute atomic E-state index is 5.43. The van der Waals surface area contributed by atoms with Gasteiger partial charge >= 0.3 is 0 Å². The number of rotatable bonds is 2. The van der Waals surface area contributed by atoms with E-state index in [1.807, 2.05) is 13.1 Å². The van der Waals surface area contributed by atoms with Gasteiger partial charge in [-0.15, -0.1) is 0 Å². The van der Waals surface area contributed by atoms with Gasteiger partial charge in [-0.25, -0.2) is 0 Å². The summed E-state index contributed by atoms with van der Waals surface area (Å²) in [5, 5.41) is 4.04. The first-order valence-electron chi connectivity index (χ1n) is 3.10. The van der Waals surface area contributed by atoms with Gasteiger partial charge < -0.3 is 5.73 Å². The van der Waals surface area contributed by atoms with Crippen LogP contribution >= 0.6 is 28.1 Å². The molecule has 1 rings (SSSR count). The molecule has 0 aromatic carbocycles. The molecule has 1 unspecified atom stereocenters. The van der Waals surface area contributed by atoms with Crippen molar-refractivity contribution in [2.45, 2.75) is 13.0 Å². The second kappa shape index (κ2) is 3.32. The van der Waals surface area contributed by atoms with Crippen LogP contribution in [-0.2, 0) is 0 Å². The predicted octanol–water partition coefficient (Wildman–Crippen LogP) is 1.49. The van der Waals surface area contributed by atoms with Crippen LogP contribution in [0, 0.1) is 0 Å². The van der Waals surface area contributed by atoms with Crippen molar-refractivity contribution in [2.75, 3.05) is 0 Å². The molecule has 0 spiro atoms. The predicted molar refractivity (Wildman–Crippen MR) is 51.4 cm³/mol. The molecule has 5 heteroatoms. The highest BCUT2D eigenvalue weighted by atomic mass is 79.9. The molecular weight excluding hydrogens is 226 g/mol. The number of halogens is 1. The van der Waals surface area contributed by atoms with E-state index < -0.39 is 0 Å². The second-order valence-electron chi connectivity index (χ2n) is 2.22. The van der Waals surface area contributed by atoms with Gasteiger partial charge in [0.2, 0.25) is 0 Å². The van der Waals surface area contributed by atoms with Crippen molar-refractivity contribution in [1.29, 1.82) is 0 Å². The van der Waals surface area contributed by atoms with E-state index >= 15 is 0 Å². The monoisotopic (exact) mass is 233 g/mol. The number of thiocarbonyl (C=S) groups is 1. The summed E-state index contributed by atoms with van der Waals surface area (Å²) in [5.41, 5.74) is 5.43. The number of aromatic nitrogens is 2. The summed E-state index contributed by atoms with van der Waals surface area (Å²) in [6.07, 6.45) is 3.54. The van der Waals surface area contributed by atoms with Gasteiger partial charge in [0.15, 0.2) is 0 Å². The van der Waals surface area contributed by atoms with Gasteiger partial charge in [-0.3, -0.25) is 4.68 Å². The molecule has 0 amide bonds. The maximum Gasteiger partial charge on any atom is 0.0989 e. The van der Waals surface area contributed by atoms with Crippen molar-refractivity contribution in [3.05, 3.63) is 16.9 Å². The van der Waals surface area contributed by atoms with Crippen molar-refractivity contribution in [3.8, 4) is 0 Å². The Kier molecular flexibility index (Phi) is 2.62. The van der Waals surface area contributed by atoms with Gasteiger partial charge in [0.25, 0.3) is 0 Å². The van der Waals surface area contributed by atoms with Gasteiger partial charge in [0.05, 0.1) is 21.7 Å². The number of hydrogen-bond donors (Lipinski definition) is 1. The van der Waals surface area contributed by atoms with Crippen molar-refractivity contribution in [1.82, 2.24) is 9.78 Å². The molecule has 11 heavy (non-hydrogen) atoms. The Morgan fingerprint density at radius 1 is 1.91 bits per heavy atom. The minimum absolute atomic E-state index is 0.0173. The summed E-state index contributed by atoms with van der Waals surface area (Å²) >= 11 is 8.09. The average molecular weight is 234 g/mol. The molecule has 1 atom stereocenters. The number of hydrogen-bond acceptors (Lipinski definition) is 2. The quantitative estimate of drug-likeness (QED) is 0.788. The maximum atomic E-state index is 5.43. The first-order chi connectivity index (χ1) is 5.11. The highest BCUT2D eigenvalue weighted by Crippen LogP contribution is 2.11. The van der Waals surface area contributed by atoms with E-state index in [1.54, 1.807) is 10.9 Å². The SMILES string of the molecule is CC(C(N)=S)n1cc(Br)cn1. The molecule has 1 heterocycles. The Morgan fingerprint density at radius 2 is 2.55 bits per heavy atom. The van der Waals surface area contributed by atoms with Gasteiger partial charge in [0.1, 0.15) is 0 Å². The molecule has 2 N–H and O–H groups in total. The molecule has 1 aromatic rings. The summed E-state index contributed by atoms with van der Waals surface area (Å²) in [6.45, 7) is 1.90. The Balaban J connectivity index is 2.84. The lowest BCUT2D eigenvalue weighted by molar-refractivity contribution is 0.610. The van der Waals surface area contributed by atoms with Crippen molar-refractivity contribution in [3.63, 3.8) is 0 Å². The Hall–Kier alpha value is -0.420. The zero-order chi connectivity index (χ0) is 8.43. The second-order valence-corrected chi connectivity index (χ2v) is 3.60. The molecule has 0 aliphatic carbocycles. The third kappa shape index (κ3) is 2.00. The number of nitrogens with zero attached hydrogens (tertiary/aromatic N) is 2. The molecule has 0 aliphatic rings. The highest BCUT2D eigenvalue weighted by Gasteiger charge is 2.07. The smallest absolute Gasteiger partial charge is 0.0989 e. The molecule has 0 bridgehead atoms. The van der Waals surface area contributed by atoms with Crippen LogP contribution in [0.15, 0.2) is 16.9 Å². The largest absolute Gasteiger partial charge is 0.392 e. The van der Waals surface area contributed by atoms with Crippen LogP contribution < -0.4 is 5.73 Å². The van der Waals surface area contributed by atoms with Gasteiger partial charge in [-0.1, -0.05) is 12.2 Å². The van der Waals surface area contributed by atoms with E-state index in [1.165, 1.54) is 0 Å². The van der Waals surface area contributed by atoms with E-state index in [4.69, 9.17) is 18.0 Å². The fourth-order valence-electron chi connectivity index (χ4n) is 0.657. The lowest BCUT2D eigenvalue weighted by Gasteiger charge is -2.08. The fraction of sp³-hybridized carbons (Fsp3) is 0.333. The minimum Gasteiger partial charge on any atom is -0.392 e. The van der Waals surface area contributed by atoms with E-state index in [0.29, 0.717) is 4.99 Å². The van der Waals surface area contributed by atoms with Crippen LogP contribution in [0.4, 0.5) is 0 Å². The van der Waals surface area contributed by atoms with Crippen LogP contribution in [0.25, 0.3) is 0 Å². The van der Waals surface area contributed by atoms with Gasteiger partial charge in [-0.2, -0.15) is 5.10 Å². The van der Waals surface area contributed by atoms with E-state index in [9.17, 15) is 0 Å². The lowest BCUT2D eigenvalue weighted by Crippen LogP contribution is -2.22. The third-order valence-corrected chi connectivity index (χ3v) is 2.13. The summed E-state index contributed by atoms with van der Waals surface area (Å²) < 4.78 is 2.65. The molecule has 3 nitrogen and oxygen atoms in total. The first kappa shape index (κ1) is 8.67. The van der Waals surface area contributed by atoms with E-state index in [2.05, 4.69) is 21.0 Å². The van der Waals surface area contributed by atoms with Crippen LogP contribution in [0.2, 0.25) is 0 Å². The lowest BCUT2D eigenvalue weighted by atomic mass is 10.3. The summed E-state index contributed by atoms with van der Waals surface area (Å²) in [6, 6.07) is -0.0173. The van der Waals surface area contributed by atoms with E-state index in [0.717, 1.165) is 4.47 Å². The molecule has 0 saturated carbocycles. The highest BCUT2D eigenvalue weighted by molar-refractivity contribution is 9.10. The Bertz CT molecular complexity index is 271. The van der Waals surface area contributed by atoms with Gasteiger partial charge in [-0.05, 0) is 22.9 Å². The zero-order valence-corrected chi connectivity index (χ0v) is 8.39. The average Bonchev–Trinajstić information content (AvgIpc) is 2.34. The standard InChI is InChI=1S/C6H8BrN3S/c1-4(6(8)11)10-3-5(7)2-9-10/h2-4H,1H3,(H2,8,11). The Labute approximate surface area is 78.7 Å². The topological polar surface area (TPSA) is 43.8 Å². The molecule has 0 saturated heterocycles. The molecule has 60 valence electrons. The summed E-state index contributed by atoms with van der Waals surface area (Å²) in [7, 11) is 0. The van der Waals surface area contributed by atoms with Gasteiger partial charge in [0, 0.05) is 6.20 Å². The molecule has 0 fully saturated rings. The summed E-state index contributed by atoms with van der Waals surface area (Å²) in [5.74, 6) is 0. The van der Waals surface area contributed by atoms with Crippen LogP contribution in [0.1, 0.15) is 13.0 Å². The minimum atomic E-state index is -0.0173. The van der Waals surface area contributed by atoms with Crippen LogP contribution in [0.5, 0.6) is 0 Å². The molecular formula is C6H8BrN3S. The third-order valence-electron chi connectivity index (χ3n) is 1.38. The normalized spacial score (nSPS) is 12.9.